The van der Waals surface area contributed by atoms with Crippen LogP contribution in [0, 0.1) is 11.8 Å². The molecule has 1 saturated carbocycles. The third-order valence-corrected chi connectivity index (χ3v) is 3.12. The lowest BCUT2D eigenvalue weighted by atomic mass is 9.96. The van der Waals surface area contributed by atoms with Crippen molar-refractivity contribution in [2.45, 2.75) is 38.7 Å². The summed E-state index contributed by atoms with van der Waals surface area (Å²) in [6.07, 6.45) is 5.19. The molecule has 0 radical (unpaired) electrons. The molecule has 0 spiro atoms. The average molecular weight is 196 g/mol. The Hall–Kier alpha value is -0.570. The van der Waals surface area contributed by atoms with E-state index >= 15 is 0 Å². The number of aliphatic imine (C=N–C) groups is 1. The molecule has 1 saturated heterocycles. The predicted molar refractivity (Wildman–Crippen MR) is 57.4 cm³/mol. The van der Waals surface area contributed by atoms with Crippen LogP contribution in [0.4, 0.5) is 0 Å². The van der Waals surface area contributed by atoms with E-state index in [0.29, 0.717) is 17.9 Å². The topological polar surface area (TPSA) is 47.6 Å². The molecule has 2 N–H and O–H groups in total. The summed E-state index contributed by atoms with van der Waals surface area (Å²) in [6.45, 7) is 3.95. The van der Waals surface area contributed by atoms with Gasteiger partial charge in [0.05, 0.1) is 11.9 Å². The van der Waals surface area contributed by atoms with Crippen LogP contribution >= 0.6 is 0 Å². The van der Waals surface area contributed by atoms with E-state index in [1.807, 2.05) is 0 Å². The lowest BCUT2D eigenvalue weighted by Gasteiger charge is -2.26. The predicted octanol–water partition coefficient (Wildman–Crippen LogP) is 1.57. The van der Waals surface area contributed by atoms with Crippen molar-refractivity contribution in [3.05, 3.63) is 0 Å². The number of nitrogens with zero attached hydrogens (tertiary/aromatic N) is 1. The monoisotopic (exact) mass is 196 g/mol. The maximum Gasteiger partial charge on any atom is 0.0968 e. The number of hydrogen-bond acceptors (Lipinski definition) is 2. The maximum atomic E-state index is 5.85. The molecule has 0 aromatic heterocycles. The van der Waals surface area contributed by atoms with Crippen LogP contribution in [0.1, 0.15) is 32.6 Å². The summed E-state index contributed by atoms with van der Waals surface area (Å²) in [6, 6.07) is 0. The van der Waals surface area contributed by atoms with Gasteiger partial charge in [-0.25, -0.2) is 0 Å². The lowest BCUT2D eigenvalue weighted by molar-refractivity contribution is 0.00481. The molecule has 80 valence electrons. The summed E-state index contributed by atoms with van der Waals surface area (Å²) in [4.78, 5) is 4.48. The van der Waals surface area contributed by atoms with Crippen LogP contribution in [-0.2, 0) is 4.74 Å². The molecule has 1 aliphatic carbocycles. The van der Waals surface area contributed by atoms with Gasteiger partial charge in [-0.3, -0.25) is 4.99 Å². The summed E-state index contributed by atoms with van der Waals surface area (Å²) in [5.41, 5.74) is 5.85. The van der Waals surface area contributed by atoms with Gasteiger partial charge in [0, 0.05) is 19.1 Å². The van der Waals surface area contributed by atoms with Gasteiger partial charge in [-0.2, -0.15) is 0 Å². The van der Waals surface area contributed by atoms with E-state index in [9.17, 15) is 0 Å². The molecule has 2 rings (SSSR count). The molecule has 0 aromatic rings. The van der Waals surface area contributed by atoms with Crippen LogP contribution < -0.4 is 5.73 Å². The quantitative estimate of drug-likeness (QED) is 0.550. The molecule has 2 fully saturated rings. The van der Waals surface area contributed by atoms with Gasteiger partial charge in [-0.05, 0) is 38.5 Å². The van der Waals surface area contributed by atoms with E-state index in [-0.39, 0.29) is 0 Å². The molecule has 2 aliphatic rings. The van der Waals surface area contributed by atoms with Crippen LogP contribution in [0.2, 0.25) is 0 Å². The highest BCUT2D eigenvalue weighted by Crippen LogP contribution is 2.29. The van der Waals surface area contributed by atoms with Gasteiger partial charge in [-0.1, -0.05) is 0 Å². The molecule has 0 aromatic carbocycles. The molecule has 3 heteroatoms. The third kappa shape index (κ3) is 2.71. The average Bonchev–Trinajstić information content (AvgIpc) is 2.97. The normalized spacial score (nSPS) is 34.5. The highest BCUT2D eigenvalue weighted by molar-refractivity contribution is 5.84. The molecule has 1 aliphatic heterocycles. The number of hydrogen-bond donors (Lipinski definition) is 1. The highest BCUT2D eigenvalue weighted by Gasteiger charge is 2.26. The van der Waals surface area contributed by atoms with Crippen molar-refractivity contribution in [2.75, 3.05) is 13.2 Å². The van der Waals surface area contributed by atoms with E-state index in [4.69, 9.17) is 10.5 Å². The van der Waals surface area contributed by atoms with E-state index in [1.54, 1.807) is 0 Å². The minimum absolute atomic E-state index is 0.408. The van der Waals surface area contributed by atoms with Gasteiger partial charge in [0.2, 0.25) is 0 Å². The molecule has 3 nitrogen and oxygen atoms in total. The number of amidine groups is 1. The third-order valence-electron chi connectivity index (χ3n) is 3.12. The second kappa shape index (κ2) is 4.30. The standard InChI is InChI=1S/C11H20N2O/c1-8-6-9(4-5-14-8)7-13-11(12)10-2-3-10/h8-10H,2-7H2,1H3,(H2,12,13). The highest BCUT2D eigenvalue weighted by atomic mass is 16.5. The Bertz CT molecular complexity index is 223. The fourth-order valence-corrected chi connectivity index (χ4v) is 2.00. The summed E-state index contributed by atoms with van der Waals surface area (Å²) in [5, 5.41) is 0. The first kappa shape index (κ1) is 9.97. The first-order valence-electron chi connectivity index (χ1n) is 5.67. The summed E-state index contributed by atoms with van der Waals surface area (Å²) < 4.78 is 5.49. The van der Waals surface area contributed by atoms with Crippen LogP contribution in [0.5, 0.6) is 0 Å². The van der Waals surface area contributed by atoms with E-state index in [0.717, 1.165) is 31.8 Å². The van der Waals surface area contributed by atoms with Crippen molar-refractivity contribution >= 4 is 5.84 Å². The molecule has 2 unspecified atom stereocenters. The fourth-order valence-electron chi connectivity index (χ4n) is 2.00. The summed E-state index contributed by atoms with van der Waals surface area (Å²) in [5.74, 6) is 2.20. The van der Waals surface area contributed by atoms with E-state index < -0.39 is 0 Å². The fraction of sp³-hybridized carbons (Fsp3) is 0.909. The van der Waals surface area contributed by atoms with E-state index in [2.05, 4.69) is 11.9 Å². The Morgan fingerprint density at radius 1 is 1.43 bits per heavy atom. The zero-order chi connectivity index (χ0) is 9.97. The number of ether oxygens (including phenoxy) is 1. The van der Waals surface area contributed by atoms with Crippen LogP contribution in [0.15, 0.2) is 4.99 Å². The zero-order valence-electron chi connectivity index (χ0n) is 8.91. The smallest absolute Gasteiger partial charge is 0.0968 e. The van der Waals surface area contributed by atoms with Crippen LogP contribution in [0.25, 0.3) is 0 Å². The lowest BCUT2D eigenvalue weighted by Crippen LogP contribution is -2.26. The van der Waals surface area contributed by atoms with Gasteiger partial charge in [-0.15, -0.1) is 0 Å². The van der Waals surface area contributed by atoms with Crippen molar-refractivity contribution < 1.29 is 4.74 Å². The van der Waals surface area contributed by atoms with Gasteiger partial charge < -0.3 is 10.5 Å². The van der Waals surface area contributed by atoms with Crippen LogP contribution in [-0.4, -0.2) is 25.1 Å². The minimum atomic E-state index is 0.408. The van der Waals surface area contributed by atoms with Crippen molar-refractivity contribution in [3.8, 4) is 0 Å². The Kier molecular flexibility index (Phi) is 3.06. The molecule has 0 amide bonds. The van der Waals surface area contributed by atoms with Gasteiger partial charge in [0.1, 0.15) is 0 Å². The second-order valence-electron chi connectivity index (χ2n) is 4.61. The molecule has 0 bridgehead atoms. The summed E-state index contributed by atoms with van der Waals surface area (Å²) in [7, 11) is 0. The van der Waals surface area contributed by atoms with E-state index in [1.165, 1.54) is 12.8 Å². The van der Waals surface area contributed by atoms with Crippen molar-refractivity contribution in [1.29, 1.82) is 0 Å². The van der Waals surface area contributed by atoms with Crippen molar-refractivity contribution in [2.24, 2.45) is 22.6 Å². The van der Waals surface area contributed by atoms with Gasteiger partial charge in [0.15, 0.2) is 0 Å². The molecular weight excluding hydrogens is 176 g/mol. The van der Waals surface area contributed by atoms with Gasteiger partial charge >= 0.3 is 0 Å². The SMILES string of the molecule is CC1CC(CN=C(N)C2CC2)CCO1. The first-order chi connectivity index (χ1) is 6.75. The van der Waals surface area contributed by atoms with Crippen molar-refractivity contribution in [1.82, 2.24) is 0 Å². The second-order valence-corrected chi connectivity index (χ2v) is 4.61. The molecule has 1 heterocycles. The molecular formula is C11H20N2O. The Labute approximate surface area is 85.7 Å². The Morgan fingerprint density at radius 3 is 2.86 bits per heavy atom. The molecule has 14 heavy (non-hydrogen) atoms. The number of rotatable bonds is 3. The first-order valence-corrected chi connectivity index (χ1v) is 5.67. The number of nitrogens with two attached hydrogens (primary N) is 1. The largest absolute Gasteiger partial charge is 0.387 e. The summed E-state index contributed by atoms with van der Waals surface area (Å²) >= 11 is 0. The van der Waals surface area contributed by atoms with Crippen molar-refractivity contribution in [3.63, 3.8) is 0 Å². The molecule has 2 atom stereocenters. The zero-order valence-corrected chi connectivity index (χ0v) is 8.91. The minimum Gasteiger partial charge on any atom is -0.387 e. The maximum absolute atomic E-state index is 5.85. The Morgan fingerprint density at radius 2 is 2.21 bits per heavy atom. The van der Waals surface area contributed by atoms with Crippen LogP contribution in [0.3, 0.4) is 0 Å². The Balaban J connectivity index is 1.75. The van der Waals surface area contributed by atoms with Gasteiger partial charge in [0.25, 0.3) is 0 Å².